The van der Waals surface area contributed by atoms with Gasteiger partial charge in [0, 0.05) is 18.7 Å². The minimum Gasteiger partial charge on any atom is -0.352 e. The zero-order valence-electron chi connectivity index (χ0n) is 10.7. The lowest BCUT2D eigenvalue weighted by molar-refractivity contribution is 0.392. The molecule has 0 bridgehead atoms. The van der Waals surface area contributed by atoms with E-state index < -0.39 is 10.1 Å². The van der Waals surface area contributed by atoms with Crippen molar-refractivity contribution in [3.05, 3.63) is 16.5 Å². The number of aromatic nitrogens is 2. The minimum absolute atomic E-state index is 0.0517. The Morgan fingerprint density at radius 2 is 2.20 bits per heavy atom. The van der Waals surface area contributed by atoms with Gasteiger partial charge in [-0.25, -0.2) is 9.97 Å². The number of hydrogen-bond donors (Lipinski definition) is 0. The molecule has 6 nitrogen and oxygen atoms in total. The largest absolute Gasteiger partial charge is 0.352 e. The molecular weight excluding hydrogens is 325 g/mol. The number of piperidine rings is 1. The molecule has 1 aromatic rings. The van der Waals surface area contributed by atoms with Crippen LogP contribution in [-0.2, 0) is 14.3 Å². The van der Waals surface area contributed by atoms with E-state index in [1.54, 1.807) is 6.07 Å². The molecule has 1 aliphatic heterocycles. The predicted molar refractivity (Wildman–Crippen MR) is 75.6 cm³/mol. The first kappa shape index (κ1) is 14.3. The number of hydrogen-bond acceptors (Lipinski definition) is 6. The average Bonchev–Trinajstić information content (AvgIpc) is 3.05. The molecule has 20 heavy (non-hydrogen) atoms. The van der Waals surface area contributed by atoms with Crippen LogP contribution < -0.4 is 4.90 Å². The molecule has 1 saturated carbocycles. The molecule has 1 aliphatic carbocycles. The van der Waals surface area contributed by atoms with Crippen LogP contribution in [0.3, 0.4) is 0 Å². The van der Waals surface area contributed by atoms with E-state index in [-0.39, 0.29) is 22.2 Å². The molecule has 110 valence electrons. The number of anilines is 1. The molecule has 2 heterocycles. The molecule has 2 fully saturated rings. The fourth-order valence-corrected chi connectivity index (χ4v) is 4.23. The van der Waals surface area contributed by atoms with Gasteiger partial charge < -0.3 is 4.90 Å². The van der Waals surface area contributed by atoms with Crippen molar-refractivity contribution < 1.29 is 12.6 Å². The van der Waals surface area contributed by atoms with Crippen molar-refractivity contribution in [2.75, 3.05) is 24.3 Å². The van der Waals surface area contributed by atoms with Crippen LogP contribution >= 0.6 is 23.2 Å². The number of nitrogens with zero attached hydrogens (tertiary/aromatic N) is 3. The lowest BCUT2D eigenvalue weighted by Crippen LogP contribution is -2.39. The van der Waals surface area contributed by atoms with Crippen molar-refractivity contribution in [2.45, 2.75) is 12.5 Å². The molecular formula is C11H13Cl2N3O3S. The van der Waals surface area contributed by atoms with Crippen LogP contribution in [0.5, 0.6) is 0 Å². The summed E-state index contributed by atoms with van der Waals surface area (Å²) in [6.45, 7) is 0.762. The van der Waals surface area contributed by atoms with Gasteiger partial charge in [0.2, 0.25) is 5.28 Å². The van der Waals surface area contributed by atoms with Crippen molar-refractivity contribution in [3.8, 4) is 0 Å². The zero-order valence-corrected chi connectivity index (χ0v) is 13.0. The van der Waals surface area contributed by atoms with Crippen molar-refractivity contribution in [1.82, 2.24) is 9.97 Å². The van der Waals surface area contributed by atoms with E-state index in [4.69, 9.17) is 23.2 Å². The second kappa shape index (κ2) is 4.98. The first-order valence-corrected chi connectivity index (χ1v) is 8.48. The fraction of sp³-hybridized carbons (Fsp3) is 0.636. The number of rotatable bonds is 4. The summed E-state index contributed by atoms with van der Waals surface area (Å²) in [5.41, 5.74) is 0. The smallest absolute Gasteiger partial charge is 0.269 e. The van der Waals surface area contributed by atoms with Crippen molar-refractivity contribution in [1.29, 1.82) is 0 Å². The van der Waals surface area contributed by atoms with Crippen LogP contribution in [0, 0.1) is 11.8 Å². The van der Waals surface area contributed by atoms with Gasteiger partial charge in [-0.15, -0.1) is 0 Å². The van der Waals surface area contributed by atoms with E-state index in [1.807, 2.05) is 4.90 Å². The summed E-state index contributed by atoms with van der Waals surface area (Å²) in [7, 11) is -2.34. The zero-order chi connectivity index (χ0) is 14.5. The van der Waals surface area contributed by atoms with E-state index in [0.717, 1.165) is 13.0 Å². The van der Waals surface area contributed by atoms with E-state index in [1.165, 1.54) is 7.11 Å². The third-order valence-corrected chi connectivity index (χ3v) is 5.50. The van der Waals surface area contributed by atoms with Gasteiger partial charge >= 0.3 is 0 Å². The minimum atomic E-state index is -3.52. The van der Waals surface area contributed by atoms with Crippen LogP contribution in [0.1, 0.15) is 6.42 Å². The highest BCUT2D eigenvalue weighted by Crippen LogP contribution is 2.51. The maximum Gasteiger partial charge on any atom is 0.269 e. The highest BCUT2D eigenvalue weighted by Gasteiger charge is 2.54. The summed E-state index contributed by atoms with van der Waals surface area (Å²) < 4.78 is 28.0. The summed E-state index contributed by atoms with van der Waals surface area (Å²) >= 11 is 11.7. The van der Waals surface area contributed by atoms with Crippen molar-refractivity contribution in [2.24, 2.45) is 11.8 Å². The monoisotopic (exact) mass is 337 g/mol. The maximum atomic E-state index is 11.7. The van der Waals surface area contributed by atoms with E-state index in [2.05, 4.69) is 14.2 Å². The fourth-order valence-electron chi connectivity index (χ4n) is 2.85. The van der Waals surface area contributed by atoms with E-state index >= 15 is 0 Å². The molecule has 0 N–H and O–H groups in total. The second-order valence-electron chi connectivity index (χ2n) is 5.09. The van der Waals surface area contributed by atoms with Gasteiger partial charge in [-0.2, -0.15) is 8.42 Å². The van der Waals surface area contributed by atoms with Gasteiger partial charge in [0.05, 0.1) is 12.9 Å². The molecule has 3 rings (SSSR count). The quantitative estimate of drug-likeness (QED) is 0.472. The third kappa shape index (κ3) is 2.72. The van der Waals surface area contributed by atoms with Crippen LogP contribution in [0.4, 0.5) is 5.82 Å². The normalized spacial score (nSPS) is 28.6. The van der Waals surface area contributed by atoms with Crippen LogP contribution in [0.15, 0.2) is 6.07 Å². The van der Waals surface area contributed by atoms with Gasteiger partial charge in [-0.1, -0.05) is 11.6 Å². The Labute approximate surface area is 127 Å². The lowest BCUT2D eigenvalue weighted by Gasteiger charge is -2.28. The summed E-state index contributed by atoms with van der Waals surface area (Å²) in [4.78, 5) is 9.88. The highest BCUT2D eigenvalue weighted by atomic mass is 35.5. The molecule has 0 amide bonds. The Morgan fingerprint density at radius 1 is 1.45 bits per heavy atom. The summed E-state index contributed by atoms with van der Waals surface area (Å²) in [6, 6.07) is 1.46. The summed E-state index contributed by atoms with van der Waals surface area (Å²) in [6.07, 6.45) is 1.05. The standard InChI is InChI=1S/C11H13Cl2N3O3S/c1-19-20(17,18)5-8-7-2-6(7)4-16(8)10-3-9(12)14-11(13)15-10/h3,6-8H,2,4-5H2,1H3. The summed E-state index contributed by atoms with van der Waals surface area (Å²) in [5, 5.41) is 0.301. The Kier molecular flexibility index (Phi) is 3.56. The molecule has 1 saturated heterocycles. The molecule has 9 heteroatoms. The molecule has 1 aromatic heterocycles. The second-order valence-corrected chi connectivity index (χ2v) is 7.60. The van der Waals surface area contributed by atoms with E-state index in [9.17, 15) is 8.42 Å². The molecule has 0 radical (unpaired) electrons. The van der Waals surface area contributed by atoms with Crippen molar-refractivity contribution >= 4 is 39.1 Å². The lowest BCUT2D eigenvalue weighted by atomic mass is 10.2. The highest BCUT2D eigenvalue weighted by molar-refractivity contribution is 7.86. The first-order valence-electron chi connectivity index (χ1n) is 6.14. The molecule has 2 aliphatic rings. The van der Waals surface area contributed by atoms with Gasteiger partial charge in [-0.3, -0.25) is 4.18 Å². The Morgan fingerprint density at radius 3 is 2.85 bits per heavy atom. The first-order chi connectivity index (χ1) is 9.39. The Bertz CT molecular complexity index is 620. The van der Waals surface area contributed by atoms with Gasteiger partial charge in [-0.05, 0) is 29.9 Å². The van der Waals surface area contributed by atoms with Gasteiger partial charge in [0.1, 0.15) is 11.0 Å². The van der Waals surface area contributed by atoms with Crippen LogP contribution in [0.25, 0.3) is 0 Å². The Hall–Kier alpha value is -0.630. The third-order valence-electron chi connectivity index (χ3n) is 3.88. The topological polar surface area (TPSA) is 72.4 Å². The summed E-state index contributed by atoms with van der Waals surface area (Å²) in [5.74, 6) is 1.40. The predicted octanol–water partition coefficient (Wildman–Crippen LogP) is 1.58. The van der Waals surface area contributed by atoms with Gasteiger partial charge in [0.25, 0.3) is 10.1 Å². The maximum absolute atomic E-state index is 11.7. The average molecular weight is 338 g/mol. The van der Waals surface area contributed by atoms with E-state index in [0.29, 0.717) is 17.7 Å². The Balaban J connectivity index is 1.88. The van der Waals surface area contributed by atoms with Crippen LogP contribution in [0.2, 0.25) is 10.4 Å². The number of fused-ring (bicyclic) bond motifs is 1. The number of halogens is 2. The van der Waals surface area contributed by atoms with Crippen molar-refractivity contribution in [3.63, 3.8) is 0 Å². The SMILES string of the molecule is COS(=O)(=O)CC1C2CC2CN1c1cc(Cl)nc(Cl)n1. The van der Waals surface area contributed by atoms with Crippen LogP contribution in [-0.4, -0.2) is 43.8 Å². The van der Waals surface area contributed by atoms with Gasteiger partial charge in [0.15, 0.2) is 0 Å². The molecule has 0 aromatic carbocycles. The molecule has 3 atom stereocenters. The molecule has 0 spiro atoms. The molecule has 3 unspecified atom stereocenters.